The smallest absolute Gasteiger partial charge is 0.0762 e. The van der Waals surface area contributed by atoms with Crippen molar-refractivity contribution in [1.82, 2.24) is 0 Å². The van der Waals surface area contributed by atoms with Crippen molar-refractivity contribution in [3.63, 3.8) is 0 Å². The minimum absolute atomic E-state index is 0.418. The Morgan fingerprint density at radius 1 is 1.29 bits per heavy atom. The quantitative estimate of drug-likeness (QED) is 0.884. The van der Waals surface area contributed by atoms with E-state index in [1.54, 1.807) is 6.92 Å². The summed E-state index contributed by atoms with van der Waals surface area (Å²) in [6.07, 6.45) is 0.706. The molecule has 0 aliphatic heterocycles. The Kier molecular flexibility index (Phi) is 5.47. The summed E-state index contributed by atoms with van der Waals surface area (Å²) in [6, 6.07) is 6.61. The van der Waals surface area contributed by atoms with Crippen LogP contribution in [0.25, 0.3) is 0 Å². The van der Waals surface area contributed by atoms with E-state index in [9.17, 15) is 5.11 Å². The number of halogens is 1. The van der Waals surface area contributed by atoms with Crippen LogP contribution in [0.5, 0.6) is 0 Å². The van der Waals surface area contributed by atoms with E-state index in [0.717, 1.165) is 23.0 Å². The van der Waals surface area contributed by atoms with E-state index in [1.807, 2.05) is 12.1 Å². The van der Waals surface area contributed by atoms with Gasteiger partial charge in [0.25, 0.3) is 0 Å². The van der Waals surface area contributed by atoms with Crippen LogP contribution in [-0.4, -0.2) is 17.7 Å². The first kappa shape index (κ1) is 14.5. The molecule has 0 bridgehead atoms. The van der Waals surface area contributed by atoms with E-state index >= 15 is 0 Å². The molecule has 96 valence electrons. The molecule has 1 aromatic rings. The molecule has 0 saturated carbocycles. The molecular weight excluding hydrogens is 278 g/mol. The summed E-state index contributed by atoms with van der Waals surface area (Å²) in [6.45, 7) is 9.38. The number of anilines is 1. The van der Waals surface area contributed by atoms with Gasteiger partial charge in [-0.05, 0) is 60.8 Å². The zero-order valence-corrected chi connectivity index (χ0v) is 12.7. The molecular formula is C14H22BrNO. The highest BCUT2D eigenvalue weighted by molar-refractivity contribution is 9.10. The second-order valence-electron chi connectivity index (χ2n) is 4.43. The first-order valence-electron chi connectivity index (χ1n) is 6.25. The molecule has 0 radical (unpaired) electrons. The van der Waals surface area contributed by atoms with E-state index in [1.165, 1.54) is 5.69 Å². The largest absolute Gasteiger partial charge is 0.389 e. The number of rotatable bonds is 5. The van der Waals surface area contributed by atoms with Gasteiger partial charge in [0.2, 0.25) is 0 Å². The molecule has 3 heteroatoms. The van der Waals surface area contributed by atoms with Gasteiger partial charge in [0.05, 0.1) is 11.8 Å². The molecule has 17 heavy (non-hydrogen) atoms. The third-order valence-corrected chi connectivity index (χ3v) is 3.86. The first-order chi connectivity index (χ1) is 8.01. The van der Waals surface area contributed by atoms with Gasteiger partial charge in [-0.25, -0.2) is 0 Å². The van der Waals surface area contributed by atoms with Gasteiger partial charge in [0.1, 0.15) is 0 Å². The molecule has 0 spiro atoms. The van der Waals surface area contributed by atoms with E-state index in [0.29, 0.717) is 6.04 Å². The molecule has 0 aromatic heterocycles. The highest BCUT2D eigenvalue weighted by Crippen LogP contribution is 2.30. The third-order valence-electron chi connectivity index (χ3n) is 3.23. The molecule has 0 aliphatic rings. The van der Waals surface area contributed by atoms with Crippen molar-refractivity contribution in [3.05, 3.63) is 28.2 Å². The Balaban J connectivity index is 3.05. The van der Waals surface area contributed by atoms with Gasteiger partial charge in [-0.1, -0.05) is 13.0 Å². The van der Waals surface area contributed by atoms with E-state index in [4.69, 9.17) is 0 Å². The molecule has 0 saturated heterocycles. The maximum Gasteiger partial charge on any atom is 0.0762 e. The SMILES string of the molecule is CCC(C)N(CC)c1ccc(C(C)O)cc1Br. The number of nitrogens with zero attached hydrogens (tertiary/aromatic N) is 1. The van der Waals surface area contributed by atoms with Gasteiger partial charge < -0.3 is 10.0 Å². The monoisotopic (exact) mass is 299 g/mol. The molecule has 2 atom stereocenters. The number of hydrogen-bond acceptors (Lipinski definition) is 2. The summed E-state index contributed by atoms with van der Waals surface area (Å²) < 4.78 is 1.05. The molecule has 1 N–H and O–H groups in total. The van der Waals surface area contributed by atoms with Gasteiger partial charge in [0.15, 0.2) is 0 Å². The lowest BCUT2D eigenvalue weighted by Crippen LogP contribution is -2.32. The lowest BCUT2D eigenvalue weighted by Gasteiger charge is -2.30. The Bertz CT molecular complexity index is 365. The highest BCUT2D eigenvalue weighted by atomic mass is 79.9. The van der Waals surface area contributed by atoms with Crippen LogP contribution in [0.2, 0.25) is 0 Å². The summed E-state index contributed by atoms with van der Waals surface area (Å²) in [5.41, 5.74) is 2.15. The number of hydrogen-bond donors (Lipinski definition) is 1. The molecule has 0 aliphatic carbocycles. The van der Waals surface area contributed by atoms with Crippen molar-refractivity contribution >= 4 is 21.6 Å². The summed E-state index contributed by atoms with van der Waals surface area (Å²) in [7, 11) is 0. The van der Waals surface area contributed by atoms with Crippen molar-refractivity contribution < 1.29 is 5.11 Å². The predicted molar refractivity (Wildman–Crippen MR) is 77.5 cm³/mol. The van der Waals surface area contributed by atoms with Crippen molar-refractivity contribution in [1.29, 1.82) is 0 Å². The van der Waals surface area contributed by atoms with Crippen molar-refractivity contribution in [3.8, 4) is 0 Å². The summed E-state index contributed by atoms with van der Waals surface area (Å²) >= 11 is 3.60. The number of aliphatic hydroxyl groups excluding tert-OH is 1. The summed E-state index contributed by atoms with van der Waals surface area (Å²) in [4.78, 5) is 2.37. The van der Waals surface area contributed by atoms with Gasteiger partial charge in [0, 0.05) is 17.1 Å². The normalized spacial score (nSPS) is 14.5. The van der Waals surface area contributed by atoms with Crippen LogP contribution in [0.15, 0.2) is 22.7 Å². The molecule has 1 rings (SSSR count). The van der Waals surface area contributed by atoms with Crippen molar-refractivity contribution in [2.75, 3.05) is 11.4 Å². The highest BCUT2D eigenvalue weighted by Gasteiger charge is 2.14. The maximum absolute atomic E-state index is 9.56. The summed E-state index contributed by atoms with van der Waals surface area (Å²) in [5.74, 6) is 0. The van der Waals surface area contributed by atoms with E-state index in [2.05, 4.69) is 47.7 Å². The Morgan fingerprint density at radius 3 is 2.35 bits per heavy atom. The molecule has 1 aromatic carbocycles. The van der Waals surface area contributed by atoms with Gasteiger partial charge in [-0.15, -0.1) is 0 Å². The average Bonchev–Trinajstić information content (AvgIpc) is 2.31. The van der Waals surface area contributed by atoms with Crippen molar-refractivity contribution in [2.24, 2.45) is 0 Å². The van der Waals surface area contributed by atoms with Crippen LogP contribution < -0.4 is 4.90 Å². The van der Waals surface area contributed by atoms with Gasteiger partial charge in [-0.2, -0.15) is 0 Å². The average molecular weight is 300 g/mol. The second-order valence-corrected chi connectivity index (χ2v) is 5.28. The fourth-order valence-corrected chi connectivity index (χ4v) is 2.58. The minimum atomic E-state index is -0.418. The van der Waals surface area contributed by atoms with Crippen LogP contribution in [0.3, 0.4) is 0 Å². The lowest BCUT2D eigenvalue weighted by atomic mass is 10.1. The minimum Gasteiger partial charge on any atom is -0.389 e. The Morgan fingerprint density at radius 2 is 1.94 bits per heavy atom. The Hall–Kier alpha value is -0.540. The second kappa shape index (κ2) is 6.41. The molecule has 0 amide bonds. The Labute approximate surface area is 113 Å². The fraction of sp³-hybridized carbons (Fsp3) is 0.571. The maximum atomic E-state index is 9.56. The van der Waals surface area contributed by atoms with Crippen LogP contribution in [-0.2, 0) is 0 Å². The van der Waals surface area contributed by atoms with Crippen molar-refractivity contribution in [2.45, 2.75) is 46.3 Å². The standard InChI is InChI=1S/C14H22BrNO/c1-5-10(3)16(6-2)14-8-7-12(11(4)17)9-13(14)15/h7-11,17H,5-6H2,1-4H3. The van der Waals surface area contributed by atoms with Crippen LogP contribution in [0.1, 0.15) is 45.8 Å². The zero-order chi connectivity index (χ0) is 13.0. The number of aliphatic hydroxyl groups is 1. The summed E-state index contributed by atoms with van der Waals surface area (Å²) in [5, 5.41) is 9.56. The van der Waals surface area contributed by atoms with E-state index < -0.39 is 6.10 Å². The molecule has 0 fully saturated rings. The first-order valence-corrected chi connectivity index (χ1v) is 7.04. The molecule has 2 unspecified atom stereocenters. The van der Waals surface area contributed by atoms with Gasteiger partial charge >= 0.3 is 0 Å². The lowest BCUT2D eigenvalue weighted by molar-refractivity contribution is 0.199. The number of benzene rings is 1. The van der Waals surface area contributed by atoms with Gasteiger partial charge in [-0.3, -0.25) is 0 Å². The van der Waals surface area contributed by atoms with Crippen LogP contribution in [0.4, 0.5) is 5.69 Å². The van der Waals surface area contributed by atoms with Crippen LogP contribution >= 0.6 is 15.9 Å². The van der Waals surface area contributed by atoms with E-state index in [-0.39, 0.29) is 0 Å². The zero-order valence-electron chi connectivity index (χ0n) is 11.1. The topological polar surface area (TPSA) is 23.5 Å². The molecule has 2 nitrogen and oxygen atoms in total. The third kappa shape index (κ3) is 3.46. The molecule has 0 heterocycles. The van der Waals surface area contributed by atoms with Crippen LogP contribution in [0, 0.1) is 0 Å². The predicted octanol–water partition coefficient (Wildman–Crippen LogP) is 4.13. The fourth-order valence-electron chi connectivity index (χ4n) is 1.96.